The number of hydrogen-bond acceptors (Lipinski definition) is 2. The van der Waals surface area contributed by atoms with Crippen LogP contribution >= 0.6 is 0 Å². The maximum atomic E-state index is 14.2. The van der Waals surface area contributed by atoms with E-state index in [9.17, 15) is 4.39 Å². The summed E-state index contributed by atoms with van der Waals surface area (Å²) in [5, 5.41) is 3.57. The topological polar surface area (TPSA) is 25.2 Å². The lowest BCUT2D eigenvalue weighted by atomic mass is 9.74. The van der Waals surface area contributed by atoms with E-state index >= 15 is 0 Å². The van der Waals surface area contributed by atoms with Crippen molar-refractivity contribution in [3.05, 3.63) is 59.3 Å². The highest BCUT2D eigenvalue weighted by atomic mass is 19.1. The van der Waals surface area contributed by atoms with Gasteiger partial charge in [0.25, 0.3) is 0 Å². The molecule has 0 radical (unpaired) electrons. The van der Waals surface area contributed by atoms with Crippen molar-refractivity contribution < 1.29 is 8.81 Å². The fourth-order valence-electron chi connectivity index (χ4n) is 3.76. The predicted octanol–water partition coefficient (Wildman–Crippen LogP) is 4.70. The highest BCUT2D eigenvalue weighted by Crippen LogP contribution is 2.39. The molecule has 3 heteroatoms. The Kier molecular flexibility index (Phi) is 5.16. The van der Waals surface area contributed by atoms with Gasteiger partial charge in [-0.1, -0.05) is 26.0 Å². The van der Waals surface area contributed by atoms with Crippen LogP contribution in [0.25, 0.3) is 0 Å². The number of furan rings is 1. The van der Waals surface area contributed by atoms with Gasteiger partial charge >= 0.3 is 0 Å². The quantitative estimate of drug-likeness (QED) is 0.836. The summed E-state index contributed by atoms with van der Waals surface area (Å²) in [6.07, 6.45) is 5.68. The molecule has 1 aromatic heterocycles. The van der Waals surface area contributed by atoms with Crippen LogP contribution in [0.1, 0.15) is 49.5 Å². The Morgan fingerprint density at radius 3 is 2.87 bits per heavy atom. The minimum absolute atomic E-state index is 0.0410. The first-order valence-corrected chi connectivity index (χ1v) is 8.68. The molecular weight excluding hydrogens is 289 g/mol. The SMILES string of the molecule is CC(C)NCC(Cc1ccco1)C1CCCc2c(F)cccc21. The molecular formula is C20H26FNO. The summed E-state index contributed by atoms with van der Waals surface area (Å²) in [6.45, 7) is 5.26. The molecule has 0 saturated carbocycles. The Bertz CT molecular complexity index is 621. The Hall–Kier alpha value is -1.61. The highest BCUT2D eigenvalue weighted by Gasteiger charge is 2.29. The maximum absolute atomic E-state index is 14.2. The summed E-state index contributed by atoms with van der Waals surface area (Å²) in [6, 6.07) is 9.99. The summed E-state index contributed by atoms with van der Waals surface area (Å²) in [4.78, 5) is 0. The normalized spacial score (nSPS) is 18.9. The van der Waals surface area contributed by atoms with E-state index in [4.69, 9.17) is 4.42 Å². The lowest BCUT2D eigenvalue weighted by Gasteiger charge is -2.33. The second-order valence-corrected chi connectivity index (χ2v) is 6.91. The van der Waals surface area contributed by atoms with Gasteiger partial charge in [-0.05, 0) is 67.0 Å². The molecule has 1 aromatic carbocycles. The Balaban J connectivity index is 1.86. The number of hydrogen-bond donors (Lipinski definition) is 1. The van der Waals surface area contributed by atoms with E-state index in [0.717, 1.165) is 43.6 Å². The van der Waals surface area contributed by atoms with Crippen LogP contribution < -0.4 is 5.32 Å². The third kappa shape index (κ3) is 3.84. The predicted molar refractivity (Wildman–Crippen MR) is 91.1 cm³/mol. The van der Waals surface area contributed by atoms with Crippen LogP contribution in [0.5, 0.6) is 0 Å². The van der Waals surface area contributed by atoms with Crippen molar-refractivity contribution in [1.29, 1.82) is 0 Å². The highest BCUT2D eigenvalue weighted by molar-refractivity contribution is 5.34. The van der Waals surface area contributed by atoms with Crippen LogP contribution in [0.4, 0.5) is 4.39 Å². The van der Waals surface area contributed by atoms with Gasteiger partial charge in [0, 0.05) is 12.5 Å². The Morgan fingerprint density at radius 1 is 1.26 bits per heavy atom. The van der Waals surface area contributed by atoms with Crippen LogP contribution in [-0.2, 0) is 12.8 Å². The fourth-order valence-corrected chi connectivity index (χ4v) is 3.76. The second-order valence-electron chi connectivity index (χ2n) is 6.91. The number of benzene rings is 1. The molecule has 2 nitrogen and oxygen atoms in total. The van der Waals surface area contributed by atoms with Crippen molar-refractivity contribution in [1.82, 2.24) is 5.32 Å². The average molecular weight is 315 g/mol. The van der Waals surface area contributed by atoms with E-state index < -0.39 is 0 Å². The first-order chi connectivity index (χ1) is 11.1. The molecule has 0 amide bonds. The molecule has 2 atom stereocenters. The minimum Gasteiger partial charge on any atom is -0.469 e. The van der Waals surface area contributed by atoms with E-state index in [1.165, 1.54) is 5.56 Å². The van der Waals surface area contributed by atoms with Gasteiger partial charge in [0.1, 0.15) is 11.6 Å². The zero-order valence-electron chi connectivity index (χ0n) is 14.0. The van der Waals surface area contributed by atoms with Crippen LogP contribution in [0, 0.1) is 11.7 Å². The zero-order valence-corrected chi connectivity index (χ0v) is 14.0. The third-order valence-corrected chi connectivity index (χ3v) is 4.90. The molecule has 1 aliphatic carbocycles. The monoisotopic (exact) mass is 315 g/mol. The Labute approximate surface area is 138 Å². The van der Waals surface area contributed by atoms with Crippen molar-refractivity contribution in [3.63, 3.8) is 0 Å². The van der Waals surface area contributed by atoms with Crippen LogP contribution in [-0.4, -0.2) is 12.6 Å². The summed E-state index contributed by atoms with van der Waals surface area (Å²) in [5.74, 6) is 1.79. The summed E-state index contributed by atoms with van der Waals surface area (Å²) in [7, 11) is 0. The van der Waals surface area contributed by atoms with E-state index in [2.05, 4.69) is 25.2 Å². The third-order valence-electron chi connectivity index (χ3n) is 4.90. The van der Waals surface area contributed by atoms with Gasteiger partial charge in [0.05, 0.1) is 6.26 Å². The molecule has 1 aliphatic rings. The van der Waals surface area contributed by atoms with Gasteiger partial charge in [-0.2, -0.15) is 0 Å². The van der Waals surface area contributed by atoms with Gasteiger partial charge in [0.15, 0.2) is 0 Å². The van der Waals surface area contributed by atoms with Gasteiger partial charge in [-0.3, -0.25) is 0 Å². The molecule has 0 fully saturated rings. The molecule has 124 valence electrons. The number of rotatable bonds is 6. The molecule has 2 aromatic rings. The van der Waals surface area contributed by atoms with E-state index in [1.54, 1.807) is 12.3 Å². The summed E-state index contributed by atoms with van der Waals surface area (Å²) >= 11 is 0. The van der Waals surface area contributed by atoms with Crippen LogP contribution in [0.15, 0.2) is 41.0 Å². The zero-order chi connectivity index (χ0) is 16.2. The average Bonchev–Trinajstić information content (AvgIpc) is 3.04. The first-order valence-electron chi connectivity index (χ1n) is 8.68. The lowest BCUT2D eigenvalue weighted by Crippen LogP contribution is -2.34. The molecule has 3 rings (SSSR count). The molecule has 23 heavy (non-hydrogen) atoms. The number of nitrogens with one attached hydrogen (secondary N) is 1. The van der Waals surface area contributed by atoms with E-state index in [0.29, 0.717) is 17.9 Å². The van der Waals surface area contributed by atoms with Crippen LogP contribution in [0.2, 0.25) is 0 Å². The second kappa shape index (κ2) is 7.31. The van der Waals surface area contributed by atoms with E-state index in [1.807, 2.05) is 18.2 Å². The molecule has 0 aliphatic heterocycles. The Morgan fingerprint density at radius 2 is 2.13 bits per heavy atom. The van der Waals surface area contributed by atoms with Crippen molar-refractivity contribution in [2.75, 3.05) is 6.54 Å². The maximum Gasteiger partial charge on any atom is 0.126 e. The lowest BCUT2D eigenvalue weighted by molar-refractivity contribution is 0.325. The standard InChI is InChI=1S/C20H26FNO/c1-14(2)22-13-15(12-16-6-5-11-23-16)17-7-3-9-19-18(17)8-4-10-20(19)21/h4-6,8,10-11,14-15,17,22H,3,7,9,12-13H2,1-2H3. The molecule has 1 heterocycles. The molecule has 1 N–H and O–H groups in total. The number of fused-ring (bicyclic) bond motifs is 1. The van der Waals surface area contributed by atoms with Crippen molar-refractivity contribution in [3.8, 4) is 0 Å². The van der Waals surface area contributed by atoms with Gasteiger partial charge in [0.2, 0.25) is 0 Å². The van der Waals surface area contributed by atoms with Crippen molar-refractivity contribution in [2.24, 2.45) is 5.92 Å². The first kappa shape index (κ1) is 16.3. The summed E-state index contributed by atoms with van der Waals surface area (Å²) < 4.78 is 19.7. The van der Waals surface area contributed by atoms with Crippen LogP contribution in [0.3, 0.4) is 0 Å². The fraction of sp³-hybridized carbons (Fsp3) is 0.500. The van der Waals surface area contributed by atoms with Gasteiger partial charge in [-0.15, -0.1) is 0 Å². The summed E-state index contributed by atoms with van der Waals surface area (Å²) in [5.41, 5.74) is 2.14. The van der Waals surface area contributed by atoms with Crippen molar-refractivity contribution in [2.45, 2.75) is 51.5 Å². The molecule has 0 spiro atoms. The smallest absolute Gasteiger partial charge is 0.126 e. The molecule has 0 bridgehead atoms. The largest absolute Gasteiger partial charge is 0.469 e. The van der Waals surface area contributed by atoms with Gasteiger partial charge in [-0.25, -0.2) is 4.39 Å². The molecule has 0 saturated heterocycles. The van der Waals surface area contributed by atoms with Gasteiger partial charge < -0.3 is 9.73 Å². The van der Waals surface area contributed by atoms with E-state index in [-0.39, 0.29) is 5.82 Å². The molecule has 2 unspecified atom stereocenters. The van der Waals surface area contributed by atoms with Crippen molar-refractivity contribution >= 4 is 0 Å². The number of halogens is 1. The minimum atomic E-state index is -0.0410.